The third-order valence-electron chi connectivity index (χ3n) is 2.98. The molecule has 96 valence electrons. The number of hydrogen-bond donors (Lipinski definition) is 0. The molecule has 0 spiro atoms. The summed E-state index contributed by atoms with van der Waals surface area (Å²) in [7, 11) is 0. The molecule has 0 amide bonds. The van der Waals surface area contributed by atoms with Crippen LogP contribution in [0.15, 0.2) is 17.5 Å². The van der Waals surface area contributed by atoms with Gasteiger partial charge in [-0.15, -0.1) is 22.9 Å². The van der Waals surface area contributed by atoms with Gasteiger partial charge < -0.3 is 0 Å². The summed E-state index contributed by atoms with van der Waals surface area (Å²) in [5.41, 5.74) is 4.27. The van der Waals surface area contributed by atoms with Gasteiger partial charge in [0, 0.05) is 9.90 Å². The largest absolute Gasteiger partial charge is 0.145 e. The van der Waals surface area contributed by atoms with Gasteiger partial charge in [-0.3, -0.25) is 0 Å². The van der Waals surface area contributed by atoms with Crippen LogP contribution >= 0.6 is 46.1 Å². The van der Waals surface area contributed by atoms with Gasteiger partial charge in [-0.2, -0.15) is 0 Å². The number of rotatable bonds is 2. The quantitative estimate of drug-likeness (QED) is 0.569. The number of alkyl halides is 1. The van der Waals surface area contributed by atoms with Gasteiger partial charge in [-0.25, -0.2) is 0 Å². The Morgan fingerprint density at radius 3 is 2.22 bits per heavy atom. The predicted molar refractivity (Wildman–Crippen MR) is 82.7 cm³/mol. The van der Waals surface area contributed by atoms with Crippen LogP contribution in [0.4, 0.5) is 0 Å². The maximum Gasteiger partial charge on any atom is 0.0945 e. The first-order chi connectivity index (χ1) is 8.41. The smallest absolute Gasteiger partial charge is 0.0945 e. The lowest BCUT2D eigenvalue weighted by atomic mass is 10.0. The second-order valence-corrected chi connectivity index (χ2v) is 6.55. The van der Waals surface area contributed by atoms with E-state index in [9.17, 15) is 0 Å². The SMILES string of the molecule is Cc1cc(C(Cl)c2scc(C)c2Cl)c(C)cc1Cl. The Morgan fingerprint density at radius 2 is 1.67 bits per heavy atom. The van der Waals surface area contributed by atoms with E-state index in [2.05, 4.69) is 0 Å². The summed E-state index contributed by atoms with van der Waals surface area (Å²) >= 11 is 20.5. The fourth-order valence-electron chi connectivity index (χ4n) is 1.84. The first-order valence-electron chi connectivity index (χ1n) is 5.56. The van der Waals surface area contributed by atoms with Crippen molar-refractivity contribution in [3.63, 3.8) is 0 Å². The Hall–Kier alpha value is -0.210. The standard InChI is InChI=1S/C14H13Cl3S/c1-7-5-11(15)8(2)4-10(7)13(17)14-12(16)9(3)6-18-14/h4-6,13H,1-3H3. The van der Waals surface area contributed by atoms with Gasteiger partial charge in [0.25, 0.3) is 0 Å². The van der Waals surface area contributed by atoms with Crippen molar-refractivity contribution in [2.45, 2.75) is 26.1 Å². The number of halogens is 3. The fraction of sp³-hybridized carbons (Fsp3) is 0.286. The summed E-state index contributed by atoms with van der Waals surface area (Å²) in [4.78, 5) is 1.00. The highest BCUT2D eigenvalue weighted by Crippen LogP contribution is 2.41. The maximum atomic E-state index is 6.56. The van der Waals surface area contributed by atoms with Crippen LogP contribution in [0.25, 0.3) is 0 Å². The molecule has 1 aromatic heterocycles. The van der Waals surface area contributed by atoms with Crippen LogP contribution in [0.2, 0.25) is 10.0 Å². The van der Waals surface area contributed by atoms with Crippen molar-refractivity contribution >= 4 is 46.1 Å². The van der Waals surface area contributed by atoms with Crippen LogP contribution in [0.3, 0.4) is 0 Å². The van der Waals surface area contributed by atoms with Crippen LogP contribution < -0.4 is 0 Å². The van der Waals surface area contributed by atoms with Crippen molar-refractivity contribution in [2.75, 3.05) is 0 Å². The molecule has 0 nitrogen and oxygen atoms in total. The van der Waals surface area contributed by atoms with Gasteiger partial charge in [0.2, 0.25) is 0 Å². The van der Waals surface area contributed by atoms with E-state index in [1.165, 1.54) is 0 Å². The van der Waals surface area contributed by atoms with Gasteiger partial charge in [0.15, 0.2) is 0 Å². The zero-order valence-corrected chi connectivity index (χ0v) is 13.4. The predicted octanol–water partition coefficient (Wildman–Crippen LogP) is 6.31. The molecule has 0 aliphatic carbocycles. The van der Waals surface area contributed by atoms with Crippen molar-refractivity contribution < 1.29 is 0 Å². The number of benzene rings is 1. The first-order valence-corrected chi connectivity index (χ1v) is 7.63. The monoisotopic (exact) mass is 318 g/mol. The van der Waals surface area contributed by atoms with Crippen molar-refractivity contribution in [1.82, 2.24) is 0 Å². The van der Waals surface area contributed by atoms with Gasteiger partial charge in [0.05, 0.1) is 10.4 Å². The number of aryl methyl sites for hydroxylation is 3. The molecule has 1 unspecified atom stereocenters. The minimum absolute atomic E-state index is 0.216. The Kier molecular flexibility index (Phi) is 4.28. The van der Waals surface area contributed by atoms with E-state index >= 15 is 0 Å². The molecule has 0 radical (unpaired) electrons. The minimum Gasteiger partial charge on any atom is -0.145 e. The zero-order valence-electron chi connectivity index (χ0n) is 10.4. The highest BCUT2D eigenvalue weighted by atomic mass is 35.5. The summed E-state index contributed by atoms with van der Waals surface area (Å²) in [5.74, 6) is 0. The molecule has 0 bridgehead atoms. The topological polar surface area (TPSA) is 0 Å². The number of hydrogen-bond acceptors (Lipinski definition) is 1. The molecule has 1 atom stereocenters. The van der Waals surface area contributed by atoms with Gasteiger partial charge >= 0.3 is 0 Å². The molecule has 2 rings (SSSR count). The van der Waals surface area contributed by atoms with E-state index in [0.717, 1.165) is 37.2 Å². The summed E-state index contributed by atoms with van der Waals surface area (Å²) < 4.78 is 0. The fourth-order valence-corrected chi connectivity index (χ4v) is 3.91. The van der Waals surface area contributed by atoms with Crippen molar-refractivity contribution in [3.8, 4) is 0 Å². The molecule has 0 aliphatic rings. The Labute approximate surface area is 126 Å². The molecule has 0 saturated heterocycles. The average Bonchev–Trinajstić information content (AvgIpc) is 2.64. The van der Waals surface area contributed by atoms with E-state index in [4.69, 9.17) is 34.8 Å². The Balaban J connectivity index is 2.49. The normalized spacial score (nSPS) is 12.8. The average molecular weight is 320 g/mol. The van der Waals surface area contributed by atoms with Crippen LogP contribution in [0, 0.1) is 20.8 Å². The highest BCUT2D eigenvalue weighted by molar-refractivity contribution is 7.11. The third-order valence-corrected chi connectivity index (χ3v) is 5.74. The lowest BCUT2D eigenvalue weighted by molar-refractivity contribution is 1.13. The minimum atomic E-state index is -0.216. The molecule has 1 aromatic carbocycles. The van der Waals surface area contributed by atoms with Crippen molar-refractivity contribution in [3.05, 3.63) is 54.7 Å². The second kappa shape index (κ2) is 5.42. The summed E-state index contributed by atoms with van der Waals surface area (Å²) in [6, 6.07) is 4.00. The molecule has 1 heterocycles. The molecular weight excluding hydrogens is 307 g/mol. The van der Waals surface area contributed by atoms with E-state index in [0.29, 0.717) is 0 Å². The summed E-state index contributed by atoms with van der Waals surface area (Å²) in [5, 5.41) is 3.36. The number of thiophene rings is 1. The molecule has 0 N–H and O–H groups in total. The summed E-state index contributed by atoms with van der Waals surface area (Å²) in [6.07, 6.45) is 0. The van der Waals surface area contributed by atoms with Gasteiger partial charge in [-0.05, 0) is 54.5 Å². The second-order valence-electron chi connectivity index (χ2n) is 4.42. The lowest BCUT2D eigenvalue weighted by Gasteiger charge is -2.14. The molecule has 0 fully saturated rings. The molecule has 0 aliphatic heterocycles. The molecule has 4 heteroatoms. The lowest BCUT2D eigenvalue weighted by Crippen LogP contribution is -1.96. The zero-order chi connectivity index (χ0) is 13.4. The molecular formula is C14H13Cl3S. The molecule has 0 saturated carbocycles. The summed E-state index contributed by atoms with van der Waals surface area (Å²) in [6.45, 7) is 5.99. The van der Waals surface area contributed by atoms with Crippen LogP contribution in [-0.4, -0.2) is 0 Å². The van der Waals surface area contributed by atoms with Gasteiger partial charge in [-0.1, -0.05) is 29.3 Å². The first kappa shape index (κ1) is 14.2. The van der Waals surface area contributed by atoms with Crippen LogP contribution in [0.5, 0.6) is 0 Å². The van der Waals surface area contributed by atoms with E-state index in [-0.39, 0.29) is 5.38 Å². The van der Waals surface area contributed by atoms with E-state index in [1.807, 2.05) is 38.3 Å². The molecule has 18 heavy (non-hydrogen) atoms. The van der Waals surface area contributed by atoms with E-state index < -0.39 is 0 Å². The molecule has 2 aromatic rings. The van der Waals surface area contributed by atoms with Crippen molar-refractivity contribution in [1.29, 1.82) is 0 Å². The third kappa shape index (κ3) is 2.55. The highest BCUT2D eigenvalue weighted by Gasteiger charge is 2.20. The Morgan fingerprint density at radius 1 is 1.00 bits per heavy atom. The maximum absolute atomic E-state index is 6.56. The van der Waals surface area contributed by atoms with Crippen molar-refractivity contribution in [2.24, 2.45) is 0 Å². The van der Waals surface area contributed by atoms with Gasteiger partial charge in [0.1, 0.15) is 0 Å². The van der Waals surface area contributed by atoms with Crippen LogP contribution in [-0.2, 0) is 0 Å². The Bertz CT molecular complexity index is 587. The van der Waals surface area contributed by atoms with E-state index in [1.54, 1.807) is 11.3 Å². The van der Waals surface area contributed by atoms with Crippen LogP contribution in [0.1, 0.15) is 32.5 Å².